The van der Waals surface area contributed by atoms with E-state index in [1.54, 1.807) is 22.7 Å². The van der Waals surface area contributed by atoms with Gasteiger partial charge >= 0.3 is 6.09 Å². The summed E-state index contributed by atoms with van der Waals surface area (Å²) in [5, 5.41) is 7.11. The summed E-state index contributed by atoms with van der Waals surface area (Å²) < 4.78 is 7.19. The fourth-order valence-electron chi connectivity index (χ4n) is 8.29. The highest BCUT2D eigenvalue weighted by Gasteiger charge is 2.39. The molecule has 2 aliphatic heterocycles. The first-order valence-electron chi connectivity index (χ1n) is 19.5. The average Bonchev–Trinajstić information content (AvgIpc) is 4.06. The molecule has 57 heavy (non-hydrogen) atoms. The Morgan fingerprint density at radius 2 is 1.35 bits per heavy atom. The molecule has 296 valence electrons. The lowest BCUT2D eigenvalue weighted by atomic mass is 10.0. The number of H-pyrrole nitrogens is 2. The van der Waals surface area contributed by atoms with E-state index in [1.807, 2.05) is 85.4 Å². The third-order valence-electron chi connectivity index (χ3n) is 11.2. The Labute approximate surface area is 340 Å². The van der Waals surface area contributed by atoms with Crippen LogP contribution < -0.4 is 5.32 Å². The summed E-state index contributed by atoms with van der Waals surface area (Å²) in [6, 6.07) is 17.2. The SMILES string of the molecule is COC(=O)NC(C(=O)N1CCCC1c1ncc(-c2csc3c(-c4ccc(-c5cnc(C6CCCN6C(=O)C(c6ccccc6)N(C)C)[nH]5)cc4)csc23)[nH]1)C(C)C. The number of rotatable bonds is 11. The van der Waals surface area contributed by atoms with Crippen molar-refractivity contribution >= 4 is 50.0 Å². The number of fused-ring (bicyclic) bond motifs is 1. The molecule has 2 aromatic carbocycles. The van der Waals surface area contributed by atoms with E-state index in [-0.39, 0.29) is 35.9 Å². The molecule has 0 saturated carbocycles. The van der Waals surface area contributed by atoms with Crippen LogP contribution in [-0.4, -0.2) is 92.9 Å². The first kappa shape index (κ1) is 38.6. The summed E-state index contributed by atoms with van der Waals surface area (Å²) in [7, 11) is 5.21. The summed E-state index contributed by atoms with van der Waals surface area (Å²) in [6.07, 6.45) is 6.59. The number of aromatic amines is 2. The zero-order valence-corrected chi connectivity index (χ0v) is 34.5. The molecular weight excluding hydrogens is 757 g/mol. The highest BCUT2D eigenvalue weighted by molar-refractivity contribution is 7.27. The van der Waals surface area contributed by atoms with Gasteiger partial charge in [-0.25, -0.2) is 14.8 Å². The maximum absolute atomic E-state index is 13.9. The van der Waals surface area contributed by atoms with E-state index in [4.69, 9.17) is 14.7 Å². The molecule has 6 heterocycles. The second kappa shape index (κ2) is 16.3. The minimum atomic E-state index is -0.679. The first-order chi connectivity index (χ1) is 27.6. The number of benzene rings is 2. The van der Waals surface area contributed by atoms with Gasteiger partial charge in [-0.3, -0.25) is 14.5 Å². The molecule has 4 unspecified atom stereocenters. The predicted octanol–water partition coefficient (Wildman–Crippen LogP) is 8.42. The Hall–Kier alpha value is -5.31. The Balaban J connectivity index is 0.969. The van der Waals surface area contributed by atoms with Gasteiger partial charge in [0.2, 0.25) is 11.8 Å². The molecular formula is C43H48N8O4S2. The monoisotopic (exact) mass is 804 g/mol. The number of amides is 3. The van der Waals surface area contributed by atoms with Crippen molar-refractivity contribution in [2.75, 3.05) is 34.3 Å². The van der Waals surface area contributed by atoms with Gasteiger partial charge in [-0.1, -0.05) is 68.4 Å². The van der Waals surface area contributed by atoms with Gasteiger partial charge in [0.1, 0.15) is 23.7 Å². The summed E-state index contributed by atoms with van der Waals surface area (Å²) in [5.41, 5.74) is 7.28. The molecule has 8 rings (SSSR count). The zero-order chi connectivity index (χ0) is 39.8. The van der Waals surface area contributed by atoms with Gasteiger partial charge in [-0.2, -0.15) is 0 Å². The number of imidazole rings is 2. The van der Waals surface area contributed by atoms with Crippen LogP contribution in [0, 0.1) is 5.92 Å². The van der Waals surface area contributed by atoms with Crippen LogP contribution in [0.5, 0.6) is 0 Å². The van der Waals surface area contributed by atoms with Gasteiger partial charge in [0, 0.05) is 35.0 Å². The molecule has 0 bridgehead atoms. The number of thiophene rings is 2. The minimum Gasteiger partial charge on any atom is -0.453 e. The third-order valence-corrected chi connectivity index (χ3v) is 13.4. The normalized spacial score (nSPS) is 18.2. The minimum absolute atomic E-state index is 0.0955. The van der Waals surface area contributed by atoms with E-state index >= 15 is 0 Å². The van der Waals surface area contributed by atoms with Gasteiger partial charge in [0.25, 0.3) is 0 Å². The van der Waals surface area contributed by atoms with Crippen molar-refractivity contribution in [1.82, 2.24) is 40.0 Å². The quantitative estimate of drug-likeness (QED) is 0.120. The molecule has 14 heteroatoms. The lowest BCUT2D eigenvalue weighted by molar-refractivity contribution is -0.137. The molecule has 0 radical (unpaired) electrons. The highest BCUT2D eigenvalue weighted by atomic mass is 32.1. The van der Waals surface area contributed by atoms with Crippen molar-refractivity contribution in [3.8, 4) is 33.6 Å². The number of carbonyl (C=O) groups is 3. The molecule has 3 N–H and O–H groups in total. The second-order valence-electron chi connectivity index (χ2n) is 15.4. The van der Waals surface area contributed by atoms with Gasteiger partial charge in [-0.05, 0) is 62.4 Å². The zero-order valence-electron chi connectivity index (χ0n) is 32.8. The van der Waals surface area contributed by atoms with Crippen LogP contribution in [0.4, 0.5) is 4.79 Å². The van der Waals surface area contributed by atoms with Crippen LogP contribution in [0.2, 0.25) is 0 Å². The predicted molar refractivity (Wildman–Crippen MR) is 225 cm³/mol. The average molecular weight is 805 g/mol. The second-order valence-corrected chi connectivity index (χ2v) is 17.2. The smallest absolute Gasteiger partial charge is 0.407 e. The number of likely N-dealkylation sites (N-methyl/N-ethyl adjacent to an activating group) is 1. The molecule has 3 amide bonds. The molecule has 6 aromatic rings. The number of aromatic nitrogens is 4. The molecule has 2 saturated heterocycles. The molecule has 4 atom stereocenters. The van der Waals surface area contributed by atoms with Crippen LogP contribution in [0.25, 0.3) is 43.0 Å². The fraction of sp³-hybridized carbons (Fsp3) is 0.372. The maximum Gasteiger partial charge on any atom is 0.407 e. The Morgan fingerprint density at radius 1 is 0.789 bits per heavy atom. The van der Waals surface area contributed by atoms with Crippen molar-refractivity contribution in [3.05, 3.63) is 95.0 Å². The number of hydrogen-bond acceptors (Lipinski definition) is 9. The largest absolute Gasteiger partial charge is 0.453 e. The van der Waals surface area contributed by atoms with E-state index in [0.29, 0.717) is 13.1 Å². The van der Waals surface area contributed by atoms with Gasteiger partial charge in [-0.15, -0.1) is 22.7 Å². The van der Waals surface area contributed by atoms with Crippen molar-refractivity contribution in [2.24, 2.45) is 5.92 Å². The Kier molecular flexibility index (Phi) is 11.0. The van der Waals surface area contributed by atoms with Crippen molar-refractivity contribution < 1.29 is 19.1 Å². The molecule has 0 spiro atoms. The van der Waals surface area contributed by atoms with E-state index in [1.165, 1.54) is 22.1 Å². The van der Waals surface area contributed by atoms with Gasteiger partial charge in [0.15, 0.2) is 0 Å². The standard InChI is InChI=1S/C43H48N8O4S2/c1-25(2)35(48-43(54)55-5)41(52)50-19-9-13-33(50)40-45-22-32(47-40)30-24-57-37-29(23-56-38(30)37)26-15-17-27(18-16-26)31-21-44-39(46-31)34-14-10-20-51(34)42(53)36(49(3)4)28-11-7-6-8-12-28/h6-8,11-12,15-18,21-25,33-36H,9-10,13-14,19-20H2,1-5H3,(H,44,46)(H,45,47)(H,48,54). The van der Waals surface area contributed by atoms with Gasteiger partial charge < -0.3 is 29.8 Å². The van der Waals surface area contributed by atoms with E-state index in [9.17, 15) is 14.4 Å². The summed E-state index contributed by atoms with van der Waals surface area (Å²) in [4.78, 5) is 62.1. The Bertz CT molecular complexity index is 2360. The van der Waals surface area contributed by atoms with Crippen LogP contribution in [0.15, 0.2) is 77.8 Å². The molecule has 2 fully saturated rings. The van der Waals surface area contributed by atoms with Crippen molar-refractivity contribution in [2.45, 2.75) is 63.7 Å². The van der Waals surface area contributed by atoms with Crippen LogP contribution in [-0.2, 0) is 14.3 Å². The summed E-state index contributed by atoms with van der Waals surface area (Å²) >= 11 is 3.43. The number of methoxy groups -OCH3 is 1. The van der Waals surface area contributed by atoms with E-state index < -0.39 is 12.1 Å². The number of nitrogens with one attached hydrogen (secondary N) is 3. The number of nitrogens with zero attached hydrogens (tertiary/aromatic N) is 5. The maximum atomic E-state index is 13.9. The number of ether oxygens (including phenoxy) is 1. The van der Waals surface area contributed by atoms with E-state index in [2.05, 4.69) is 50.3 Å². The van der Waals surface area contributed by atoms with Crippen molar-refractivity contribution in [1.29, 1.82) is 0 Å². The van der Waals surface area contributed by atoms with Gasteiger partial charge in [0.05, 0.1) is 52.4 Å². The van der Waals surface area contributed by atoms with Crippen molar-refractivity contribution in [3.63, 3.8) is 0 Å². The topological polar surface area (TPSA) is 140 Å². The summed E-state index contributed by atoms with van der Waals surface area (Å²) in [5.74, 6) is 1.45. The Morgan fingerprint density at radius 3 is 1.96 bits per heavy atom. The highest BCUT2D eigenvalue weighted by Crippen LogP contribution is 2.44. The number of alkyl carbamates (subject to hydrolysis) is 1. The molecule has 12 nitrogen and oxygen atoms in total. The lowest BCUT2D eigenvalue weighted by Crippen LogP contribution is -2.51. The van der Waals surface area contributed by atoms with Crippen LogP contribution >= 0.6 is 22.7 Å². The van der Waals surface area contributed by atoms with Crippen LogP contribution in [0.3, 0.4) is 0 Å². The lowest BCUT2D eigenvalue weighted by Gasteiger charge is -2.31. The number of carbonyl (C=O) groups excluding carboxylic acids is 3. The fourth-order valence-corrected chi connectivity index (χ4v) is 10.7. The summed E-state index contributed by atoms with van der Waals surface area (Å²) in [6.45, 7) is 5.15. The van der Waals surface area contributed by atoms with Crippen LogP contribution in [0.1, 0.15) is 74.9 Å². The first-order valence-corrected chi connectivity index (χ1v) is 21.2. The molecule has 4 aromatic heterocycles. The number of likely N-dealkylation sites (tertiary alicyclic amines) is 2. The number of hydrogen-bond donors (Lipinski definition) is 3. The molecule has 0 aliphatic carbocycles. The third kappa shape index (κ3) is 7.49. The van der Waals surface area contributed by atoms with E-state index in [0.717, 1.165) is 71.0 Å². The molecule has 2 aliphatic rings.